The van der Waals surface area contributed by atoms with Crippen LogP contribution in [0.5, 0.6) is 0 Å². The molecule has 5 rings (SSSR count). The zero-order valence-corrected chi connectivity index (χ0v) is 26.1. The van der Waals surface area contributed by atoms with Crippen molar-refractivity contribution in [3.05, 3.63) is 29.1 Å². The molecule has 0 unspecified atom stereocenters. The first-order valence-corrected chi connectivity index (χ1v) is 14.7. The van der Waals surface area contributed by atoms with Crippen LogP contribution in [0.3, 0.4) is 0 Å². The van der Waals surface area contributed by atoms with Crippen LogP contribution in [0.4, 0.5) is 10.6 Å². The zero-order valence-electron chi connectivity index (χ0n) is 26.1. The number of nitrogens with zero attached hydrogens (tertiary/aromatic N) is 6. The Labute approximate surface area is 243 Å². The second-order valence-electron chi connectivity index (χ2n) is 13.4. The Morgan fingerprint density at radius 1 is 1.02 bits per heavy atom. The van der Waals surface area contributed by atoms with Crippen molar-refractivity contribution in [1.29, 1.82) is 0 Å². The molecule has 3 aromatic rings. The number of aryl methyl sites for hydroxylation is 1. The summed E-state index contributed by atoms with van der Waals surface area (Å²) < 4.78 is 7.82. The SMILES string of the molecule is CC(=O)N1CCN(c2nn(C3CCN(C(=O)OC(C)(C)C)CC3)c(C)c2-c2c(C)c(C)cc3[nH]ncc23)C(C)(C)C1. The number of aromatic amines is 1. The highest BCUT2D eigenvalue weighted by atomic mass is 16.6. The first kappa shape index (κ1) is 29.0. The lowest BCUT2D eigenvalue weighted by Gasteiger charge is -2.47. The fourth-order valence-corrected chi connectivity index (χ4v) is 6.43. The van der Waals surface area contributed by atoms with Crippen molar-refractivity contribution in [1.82, 2.24) is 29.8 Å². The molecular formula is C31H45N7O3. The minimum absolute atomic E-state index is 0.103. The predicted octanol–water partition coefficient (Wildman–Crippen LogP) is 5.37. The van der Waals surface area contributed by atoms with Gasteiger partial charge in [-0.1, -0.05) is 0 Å². The van der Waals surface area contributed by atoms with Crippen molar-refractivity contribution in [2.45, 2.75) is 92.3 Å². The minimum atomic E-state index is -0.514. The summed E-state index contributed by atoms with van der Waals surface area (Å²) in [6.45, 7) is 21.5. The summed E-state index contributed by atoms with van der Waals surface area (Å²) in [5.74, 6) is 1.05. The number of likely N-dealkylation sites (tertiary alicyclic amines) is 1. The Morgan fingerprint density at radius 2 is 1.71 bits per heavy atom. The normalized spacial score (nSPS) is 18.3. The smallest absolute Gasteiger partial charge is 0.410 e. The number of aromatic nitrogens is 4. The van der Waals surface area contributed by atoms with Crippen molar-refractivity contribution < 1.29 is 14.3 Å². The Morgan fingerprint density at radius 3 is 2.32 bits per heavy atom. The lowest BCUT2D eigenvalue weighted by Crippen LogP contribution is -2.60. The summed E-state index contributed by atoms with van der Waals surface area (Å²) >= 11 is 0. The van der Waals surface area contributed by atoms with E-state index in [0.717, 1.165) is 46.4 Å². The van der Waals surface area contributed by atoms with Gasteiger partial charge in [-0.05, 0) is 85.4 Å². The Kier molecular flexibility index (Phi) is 7.32. The van der Waals surface area contributed by atoms with Crippen LogP contribution in [0.2, 0.25) is 0 Å². The number of ether oxygens (including phenoxy) is 1. The number of hydrogen-bond donors (Lipinski definition) is 1. The molecule has 10 nitrogen and oxygen atoms in total. The molecule has 4 heterocycles. The van der Waals surface area contributed by atoms with Crippen molar-refractivity contribution in [2.75, 3.05) is 37.6 Å². The third-order valence-corrected chi connectivity index (χ3v) is 8.71. The number of nitrogens with one attached hydrogen (secondary N) is 1. The van der Waals surface area contributed by atoms with Crippen LogP contribution in [0, 0.1) is 20.8 Å². The molecule has 2 amide bonds. The molecule has 2 aliphatic heterocycles. The van der Waals surface area contributed by atoms with Crippen LogP contribution in [-0.4, -0.2) is 85.6 Å². The predicted molar refractivity (Wildman–Crippen MR) is 161 cm³/mol. The summed E-state index contributed by atoms with van der Waals surface area (Å²) in [6, 6.07) is 2.32. The number of amides is 2. The lowest BCUT2D eigenvalue weighted by molar-refractivity contribution is -0.130. The number of benzene rings is 1. The van der Waals surface area contributed by atoms with Gasteiger partial charge in [-0.15, -0.1) is 0 Å². The van der Waals surface area contributed by atoms with Crippen LogP contribution in [0.25, 0.3) is 22.0 Å². The molecule has 2 aliphatic rings. The zero-order chi connectivity index (χ0) is 29.9. The highest BCUT2D eigenvalue weighted by Crippen LogP contribution is 2.44. The summed E-state index contributed by atoms with van der Waals surface area (Å²) in [5.41, 5.74) is 5.98. The number of carbonyl (C=O) groups is 2. The fraction of sp³-hybridized carbons (Fsp3) is 0.613. The van der Waals surface area contributed by atoms with E-state index in [2.05, 4.69) is 60.5 Å². The maximum atomic E-state index is 12.7. The van der Waals surface area contributed by atoms with E-state index in [-0.39, 0.29) is 23.6 Å². The average Bonchev–Trinajstić information content (AvgIpc) is 3.47. The molecule has 41 heavy (non-hydrogen) atoms. The molecule has 2 saturated heterocycles. The number of H-pyrrole nitrogens is 1. The van der Waals surface area contributed by atoms with E-state index >= 15 is 0 Å². The van der Waals surface area contributed by atoms with Gasteiger partial charge in [0, 0.05) is 61.9 Å². The third kappa shape index (κ3) is 5.40. The Balaban J connectivity index is 1.57. The quantitative estimate of drug-likeness (QED) is 0.460. The largest absolute Gasteiger partial charge is 0.444 e. The maximum absolute atomic E-state index is 12.7. The minimum Gasteiger partial charge on any atom is -0.444 e. The Hall–Kier alpha value is -3.56. The molecule has 1 N–H and O–H groups in total. The fourth-order valence-electron chi connectivity index (χ4n) is 6.43. The molecule has 0 atom stereocenters. The van der Waals surface area contributed by atoms with Gasteiger partial charge in [-0.2, -0.15) is 10.2 Å². The molecule has 0 aliphatic carbocycles. The van der Waals surface area contributed by atoms with E-state index in [0.29, 0.717) is 32.7 Å². The number of rotatable bonds is 3. The topological polar surface area (TPSA) is 99.6 Å². The van der Waals surface area contributed by atoms with Crippen LogP contribution >= 0.6 is 0 Å². The first-order chi connectivity index (χ1) is 19.2. The van der Waals surface area contributed by atoms with Gasteiger partial charge >= 0.3 is 6.09 Å². The Bertz CT molecular complexity index is 1470. The van der Waals surface area contributed by atoms with E-state index < -0.39 is 5.60 Å². The van der Waals surface area contributed by atoms with Gasteiger partial charge in [-0.3, -0.25) is 14.6 Å². The van der Waals surface area contributed by atoms with Crippen molar-refractivity contribution >= 4 is 28.7 Å². The highest BCUT2D eigenvalue weighted by Gasteiger charge is 2.39. The summed E-state index contributed by atoms with van der Waals surface area (Å²) in [5, 5.41) is 14.0. The second kappa shape index (κ2) is 10.4. The summed E-state index contributed by atoms with van der Waals surface area (Å²) in [4.78, 5) is 31.1. The standard InChI is InChI=1S/C31H45N7O3/c1-19-16-25-24(17-32-33-25)26(20(19)2)27-21(3)38(23-10-12-35(13-11-23)29(40)41-30(5,6)7)34-28(27)37-15-14-36(22(4)39)18-31(37,8)9/h16-17,23H,10-15,18H2,1-9H3,(H,32,33). The number of hydrogen-bond acceptors (Lipinski definition) is 6. The van der Waals surface area contributed by atoms with E-state index in [1.54, 1.807) is 6.92 Å². The van der Waals surface area contributed by atoms with Gasteiger partial charge < -0.3 is 19.4 Å². The average molecular weight is 564 g/mol. The van der Waals surface area contributed by atoms with Crippen LogP contribution in [-0.2, 0) is 9.53 Å². The van der Waals surface area contributed by atoms with Crippen LogP contribution in [0.1, 0.15) is 77.2 Å². The number of piperidine rings is 1. The van der Waals surface area contributed by atoms with E-state index in [9.17, 15) is 9.59 Å². The van der Waals surface area contributed by atoms with Gasteiger partial charge in [0.05, 0.1) is 23.3 Å². The summed E-state index contributed by atoms with van der Waals surface area (Å²) in [6.07, 6.45) is 3.26. The van der Waals surface area contributed by atoms with E-state index in [1.807, 2.05) is 36.8 Å². The first-order valence-electron chi connectivity index (χ1n) is 14.7. The van der Waals surface area contributed by atoms with E-state index in [1.165, 1.54) is 11.1 Å². The van der Waals surface area contributed by atoms with Gasteiger partial charge in [0.25, 0.3) is 0 Å². The van der Waals surface area contributed by atoms with Gasteiger partial charge in [0.2, 0.25) is 5.91 Å². The molecule has 0 saturated carbocycles. The van der Waals surface area contributed by atoms with E-state index in [4.69, 9.17) is 9.84 Å². The number of carbonyl (C=O) groups excluding carboxylic acids is 2. The molecule has 2 aromatic heterocycles. The number of fused-ring (bicyclic) bond motifs is 1. The molecule has 0 spiro atoms. The van der Waals surface area contributed by atoms with Crippen molar-refractivity contribution in [3.63, 3.8) is 0 Å². The molecular weight excluding hydrogens is 518 g/mol. The molecule has 222 valence electrons. The molecule has 1 aromatic carbocycles. The summed E-state index contributed by atoms with van der Waals surface area (Å²) in [7, 11) is 0. The van der Waals surface area contributed by atoms with Gasteiger partial charge in [0.1, 0.15) is 5.60 Å². The molecule has 2 fully saturated rings. The second-order valence-corrected chi connectivity index (χ2v) is 13.4. The van der Waals surface area contributed by atoms with Gasteiger partial charge in [-0.25, -0.2) is 4.79 Å². The third-order valence-electron chi connectivity index (χ3n) is 8.71. The van der Waals surface area contributed by atoms with Crippen molar-refractivity contribution in [2.24, 2.45) is 0 Å². The maximum Gasteiger partial charge on any atom is 0.410 e. The molecule has 0 radical (unpaired) electrons. The van der Waals surface area contributed by atoms with Crippen LogP contribution in [0.15, 0.2) is 12.3 Å². The molecule has 0 bridgehead atoms. The van der Waals surface area contributed by atoms with Gasteiger partial charge in [0.15, 0.2) is 5.82 Å². The number of piperazine rings is 1. The van der Waals surface area contributed by atoms with Crippen molar-refractivity contribution in [3.8, 4) is 11.1 Å². The lowest BCUT2D eigenvalue weighted by atomic mass is 9.91. The monoisotopic (exact) mass is 563 g/mol. The number of anilines is 1. The van der Waals surface area contributed by atoms with Crippen LogP contribution < -0.4 is 4.90 Å². The highest BCUT2D eigenvalue weighted by molar-refractivity contribution is 6.00. The molecule has 10 heteroatoms.